The Kier molecular flexibility index (Phi) is 7.11. The lowest BCUT2D eigenvalue weighted by Gasteiger charge is -2.19. The molecule has 0 aliphatic heterocycles. The zero-order chi connectivity index (χ0) is 17.7. The molecule has 1 aromatic heterocycles. The highest BCUT2D eigenvalue weighted by atomic mass is 16.4. The lowest BCUT2D eigenvalue weighted by atomic mass is 9.87. The Balaban J connectivity index is 2.90. The van der Waals surface area contributed by atoms with Crippen molar-refractivity contribution in [2.45, 2.75) is 67.7 Å². The van der Waals surface area contributed by atoms with Crippen molar-refractivity contribution in [1.82, 2.24) is 0 Å². The third-order valence-corrected chi connectivity index (χ3v) is 4.72. The molecule has 2 unspecified atom stereocenters. The van der Waals surface area contributed by atoms with Gasteiger partial charge in [0.05, 0.1) is 5.56 Å². The van der Waals surface area contributed by atoms with E-state index in [0.717, 1.165) is 17.9 Å². The molecule has 0 saturated carbocycles. The molecule has 1 N–H and O–H groups in total. The first-order chi connectivity index (χ1) is 10.7. The van der Waals surface area contributed by atoms with Gasteiger partial charge in [0.1, 0.15) is 11.5 Å². The highest BCUT2D eigenvalue weighted by Gasteiger charge is 2.16. The van der Waals surface area contributed by atoms with Crippen molar-refractivity contribution in [1.29, 1.82) is 0 Å². The Labute approximate surface area is 140 Å². The lowest BCUT2D eigenvalue weighted by molar-refractivity contribution is 0.361. The van der Waals surface area contributed by atoms with Crippen LogP contribution in [-0.4, -0.2) is 5.11 Å². The molecule has 0 radical (unpaired) electrons. The first kappa shape index (κ1) is 19.5. The highest BCUT2D eigenvalue weighted by molar-refractivity contribution is 5.64. The molecule has 3 atom stereocenters. The summed E-state index contributed by atoms with van der Waals surface area (Å²) < 4.78 is 5.39. The third-order valence-electron chi connectivity index (χ3n) is 4.72. The van der Waals surface area contributed by atoms with E-state index >= 15 is 0 Å². The van der Waals surface area contributed by atoms with E-state index in [1.807, 2.05) is 6.92 Å². The van der Waals surface area contributed by atoms with Crippen LogP contribution in [0.15, 0.2) is 15.3 Å². The van der Waals surface area contributed by atoms with Crippen LogP contribution in [0.2, 0.25) is 0 Å². The first-order valence-corrected chi connectivity index (χ1v) is 8.69. The average Bonchev–Trinajstić information content (AvgIpc) is 2.47. The monoisotopic (exact) mass is 320 g/mol. The number of aromatic hydroxyl groups is 1. The minimum atomic E-state index is -0.464. The Bertz CT molecular complexity index is 610. The minimum Gasteiger partial charge on any atom is -0.507 e. The van der Waals surface area contributed by atoms with Crippen LogP contribution in [0.25, 0.3) is 5.57 Å². The summed E-state index contributed by atoms with van der Waals surface area (Å²) in [4.78, 5) is 11.8. The molecule has 1 rings (SSSR count). The molecule has 0 aliphatic carbocycles. The third kappa shape index (κ3) is 5.26. The SMILES string of the molecule is CCC(C)C[C@@H](C)CC(C)C=C(C)c1oc(=O)c(C)c(O)c1C. The van der Waals surface area contributed by atoms with E-state index in [4.69, 9.17) is 4.42 Å². The summed E-state index contributed by atoms with van der Waals surface area (Å²) in [6.07, 6.45) is 5.73. The zero-order valence-electron chi connectivity index (χ0n) is 15.7. The average molecular weight is 320 g/mol. The molecule has 23 heavy (non-hydrogen) atoms. The minimum absolute atomic E-state index is 0.0433. The molecule has 0 saturated heterocycles. The van der Waals surface area contributed by atoms with Gasteiger partial charge in [-0.15, -0.1) is 0 Å². The second-order valence-corrected chi connectivity index (χ2v) is 7.23. The molecule has 0 aliphatic rings. The van der Waals surface area contributed by atoms with Crippen LogP contribution in [0.4, 0.5) is 0 Å². The van der Waals surface area contributed by atoms with Crippen molar-refractivity contribution in [2.75, 3.05) is 0 Å². The Morgan fingerprint density at radius 1 is 1.13 bits per heavy atom. The maximum atomic E-state index is 11.8. The van der Waals surface area contributed by atoms with Gasteiger partial charge in [-0.3, -0.25) is 0 Å². The van der Waals surface area contributed by atoms with Crippen LogP contribution >= 0.6 is 0 Å². The highest BCUT2D eigenvalue weighted by Crippen LogP contribution is 2.29. The second kappa shape index (κ2) is 8.37. The number of rotatable bonds is 7. The number of hydrogen-bond acceptors (Lipinski definition) is 3. The van der Waals surface area contributed by atoms with Crippen LogP contribution in [0.5, 0.6) is 5.75 Å². The summed E-state index contributed by atoms with van der Waals surface area (Å²) in [5.41, 5.74) is 1.36. The lowest BCUT2D eigenvalue weighted by Crippen LogP contribution is -2.08. The molecule has 0 amide bonds. The van der Waals surface area contributed by atoms with Gasteiger partial charge in [0, 0.05) is 5.56 Å². The van der Waals surface area contributed by atoms with E-state index < -0.39 is 5.63 Å². The van der Waals surface area contributed by atoms with Gasteiger partial charge in [0.25, 0.3) is 0 Å². The molecule has 3 heteroatoms. The van der Waals surface area contributed by atoms with Gasteiger partial charge in [0.2, 0.25) is 0 Å². The molecular weight excluding hydrogens is 288 g/mol. The van der Waals surface area contributed by atoms with Gasteiger partial charge in [-0.2, -0.15) is 0 Å². The fourth-order valence-corrected chi connectivity index (χ4v) is 3.26. The summed E-state index contributed by atoms with van der Waals surface area (Å²) in [5, 5.41) is 10.0. The van der Waals surface area contributed by atoms with Crippen molar-refractivity contribution in [2.24, 2.45) is 17.8 Å². The quantitative estimate of drug-likeness (QED) is 0.725. The van der Waals surface area contributed by atoms with Gasteiger partial charge in [-0.25, -0.2) is 4.79 Å². The van der Waals surface area contributed by atoms with E-state index in [0.29, 0.717) is 23.2 Å². The molecular formula is C20H32O3. The molecule has 0 fully saturated rings. The van der Waals surface area contributed by atoms with Gasteiger partial charge in [-0.1, -0.05) is 40.2 Å². The standard InChI is InChI=1S/C20H32O3/c1-8-12(2)9-13(3)10-14(4)11-15(5)19-16(6)18(21)17(7)20(22)23-19/h11-14,21H,8-10H2,1-7H3/t12?,13-,14?/m1/s1. The van der Waals surface area contributed by atoms with E-state index in [9.17, 15) is 9.90 Å². The van der Waals surface area contributed by atoms with E-state index in [2.05, 4.69) is 33.8 Å². The predicted molar refractivity (Wildman–Crippen MR) is 96.8 cm³/mol. The maximum absolute atomic E-state index is 11.8. The molecule has 3 nitrogen and oxygen atoms in total. The topological polar surface area (TPSA) is 50.4 Å². The number of hydrogen-bond donors (Lipinski definition) is 1. The van der Waals surface area contributed by atoms with Crippen molar-refractivity contribution >= 4 is 5.57 Å². The Hall–Kier alpha value is -1.51. The molecule has 0 spiro atoms. The molecule has 0 aromatic carbocycles. The Morgan fingerprint density at radius 3 is 2.30 bits per heavy atom. The van der Waals surface area contributed by atoms with E-state index in [-0.39, 0.29) is 11.3 Å². The van der Waals surface area contributed by atoms with Crippen molar-refractivity contribution in [3.63, 3.8) is 0 Å². The summed E-state index contributed by atoms with van der Waals surface area (Å²) in [6, 6.07) is 0. The van der Waals surface area contributed by atoms with E-state index in [1.54, 1.807) is 13.8 Å². The van der Waals surface area contributed by atoms with Gasteiger partial charge >= 0.3 is 5.63 Å². The summed E-state index contributed by atoms with van der Waals surface area (Å²) in [7, 11) is 0. The van der Waals surface area contributed by atoms with Crippen molar-refractivity contribution in [3.8, 4) is 5.75 Å². The van der Waals surface area contributed by atoms with E-state index in [1.165, 1.54) is 12.8 Å². The largest absolute Gasteiger partial charge is 0.507 e. The maximum Gasteiger partial charge on any atom is 0.342 e. The summed E-state index contributed by atoms with van der Waals surface area (Å²) in [5.74, 6) is 2.38. The summed E-state index contributed by atoms with van der Waals surface area (Å²) >= 11 is 0. The molecule has 1 heterocycles. The normalized spacial score (nSPS) is 16.2. The van der Waals surface area contributed by atoms with Crippen molar-refractivity contribution in [3.05, 3.63) is 33.4 Å². The van der Waals surface area contributed by atoms with Crippen LogP contribution in [0.1, 0.15) is 70.8 Å². The fraction of sp³-hybridized carbons (Fsp3) is 0.650. The van der Waals surface area contributed by atoms with Gasteiger partial charge in [0.15, 0.2) is 0 Å². The molecule has 0 bridgehead atoms. The van der Waals surface area contributed by atoms with Crippen molar-refractivity contribution < 1.29 is 9.52 Å². The van der Waals surface area contributed by atoms with Crippen LogP contribution in [0, 0.1) is 31.6 Å². The second-order valence-electron chi connectivity index (χ2n) is 7.23. The molecule has 1 aromatic rings. The predicted octanol–water partition coefficient (Wildman–Crippen LogP) is 5.46. The zero-order valence-corrected chi connectivity index (χ0v) is 15.7. The fourth-order valence-electron chi connectivity index (χ4n) is 3.26. The first-order valence-electron chi connectivity index (χ1n) is 8.69. The van der Waals surface area contributed by atoms with Gasteiger partial charge < -0.3 is 9.52 Å². The Morgan fingerprint density at radius 2 is 1.74 bits per heavy atom. The summed E-state index contributed by atoms with van der Waals surface area (Å²) in [6.45, 7) is 14.3. The van der Waals surface area contributed by atoms with Crippen LogP contribution in [0.3, 0.4) is 0 Å². The van der Waals surface area contributed by atoms with Crippen LogP contribution < -0.4 is 5.63 Å². The van der Waals surface area contributed by atoms with Crippen LogP contribution in [-0.2, 0) is 0 Å². The number of allylic oxidation sites excluding steroid dienone is 2. The van der Waals surface area contributed by atoms with Gasteiger partial charge in [-0.05, 0) is 56.9 Å². The smallest absolute Gasteiger partial charge is 0.342 e. The molecule has 130 valence electrons.